The number of unbranched alkanes of at least 4 members (excludes halogenated alkanes) is 1. The number of benzene rings is 1. The smallest absolute Gasteiger partial charge is 0.251 e. The average molecular weight is 378 g/mol. The minimum absolute atomic E-state index is 0. The molecule has 1 rings (SSSR count). The van der Waals surface area contributed by atoms with Gasteiger partial charge in [0.05, 0.1) is 4.90 Å². The van der Waals surface area contributed by atoms with Gasteiger partial charge in [-0.15, -0.1) is 12.4 Å². The molecule has 0 fully saturated rings. The van der Waals surface area contributed by atoms with Gasteiger partial charge in [0.15, 0.2) is 0 Å². The minimum atomic E-state index is -3.62. The second-order valence-corrected chi connectivity index (χ2v) is 7.57. The second-order valence-electron chi connectivity index (χ2n) is 5.85. The number of nitrogens with one attached hydrogen (secondary N) is 2. The summed E-state index contributed by atoms with van der Waals surface area (Å²) in [5, 5.41) is 2.86. The average Bonchev–Trinajstić information content (AvgIpc) is 2.50. The van der Waals surface area contributed by atoms with E-state index in [1.807, 2.05) is 0 Å². The van der Waals surface area contributed by atoms with Gasteiger partial charge < -0.3 is 11.1 Å². The van der Waals surface area contributed by atoms with E-state index in [4.69, 9.17) is 5.73 Å². The fraction of sp³-hybridized carbons (Fsp3) is 0.562. The zero-order valence-corrected chi connectivity index (χ0v) is 16.0. The topological polar surface area (TPSA) is 101 Å². The van der Waals surface area contributed by atoms with Gasteiger partial charge in [0, 0.05) is 24.2 Å². The minimum Gasteiger partial charge on any atom is -0.348 e. The van der Waals surface area contributed by atoms with Crippen molar-refractivity contribution in [1.29, 1.82) is 0 Å². The molecule has 0 heterocycles. The van der Waals surface area contributed by atoms with Crippen LogP contribution in [0.1, 0.15) is 50.4 Å². The molecule has 4 N–H and O–H groups in total. The normalized spacial score (nSPS) is 12.5. The molecule has 0 bridgehead atoms. The molecule has 0 saturated heterocycles. The number of halogens is 1. The molecule has 1 aromatic carbocycles. The van der Waals surface area contributed by atoms with E-state index in [1.54, 1.807) is 26.0 Å². The molecular formula is C16H28ClN3O3S. The Kier molecular flexibility index (Phi) is 10.1. The maximum absolute atomic E-state index is 12.3. The van der Waals surface area contributed by atoms with E-state index in [0.29, 0.717) is 12.1 Å². The molecule has 0 radical (unpaired) electrons. The first-order chi connectivity index (χ1) is 10.8. The van der Waals surface area contributed by atoms with Crippen molar-refractivity contribution >= 4 is 28.3 Å². The van der Waals surface area contributed by atoms with E-state index < -0.39 is 10.0 Å². The van der Waals surface area contributed by atoms with Crippen molar-refractivity contribution in [2.45, 2.75) is 57.0 Å². The van der Waals surface area contributed by atoms with Crippen molar-refractivity contribution in [1.82, 2.24) is 10.0 Å². The lowest BCUT2D eigenvalue weighted by Crippen LogP contribution is -2.40. The summed E-state index contributed by atoms with van der Waals surface area (Å²) in [7, 11) is -3.62. The highest BCUT2D eigenvalue weighted by molar-refractivity contribution is 7.89. The molecule has 0 spiro atoms. The molecule has 0 aromatic heterocycles. The number of sulfonamides is 1. The highest BCUT2D eigenvalue weighted by atomic mass is 35.5. The molecule has 6 nitrogen and oxygen atoms in total. The van der Waals surface area contributed by atoms with Gasteiger partial charge in [-0.05, 0) is 38.5 Å². The van der Waals surface area contributed by atoms with Crippen LogP contribution in [0.4, 0.5) is 0 Å². The van der Waals surface area contributed by atoms with Crippen molar-refractivity contribution in [2.24, 2.45) is 5.73 Å². The molecule has 0 aliphatic carbocycles. The Labute approximate surface area is 151 Å². The lowest BCUT2D eigenvalue weighted by Gasteiger charge is -2.17. The summed E-state index contributed by atoms with van der Waals surface area (Å²) in [6.07, 6.45) is 2.82. The summed E-state index contributed by atoms with van der Waals surface area (Å²) in [4.78, 5) is 12.4. The van der Waals surface area contributed by atoms with Gasteiger partial charge >= 0.3 is 0 Å². The zero-order valence-electron chi connectivity index (χ0n) is 14.4. The van der Waals surface area contributed by atoms with Gasteiger partial charge in [-0.3, -0.25) is 4.79 Å². The van der Waals surface area contributed by atoms with E-state index in [-0.39, 0.29) is 35.3 Å². The first kappa shape index (κ1) is 22.9. The Balaban J connectivity index is 0.00000529. The highest BCUT2D eigenvalue weighted by Gasteiger charge is 2.18. The number of carbonyl (C=O) groups is 1. The lowest BCUT2D eigenvalue weighted by molar-refractivity contribution is 0.0935. The molecule has 138 valence electrons. The largest absolute Gasteiger partial charge is 0.348 e. The third kappa shape index (κ3) is 7.17. The maximum atomic E-state index is 12.3. The monoisotopic (exact) mass is 377 g/mol. The van der Waals surface area contributed by atoms with Crippen LogP contribution in [0.3, 0.4) is 0 Å². The van der Waals surface area contributed by atoms with Gasteiger partial charge in [0.1, 0.15) is 0 Å². The number of carbonyl (C=O) groups excluding carboxylic acids is 1. The molecule has 1 aromatic rings. The Bertz CT molecular complexity index is 621. The molecule has 1 unspecified atom stereocenters. The van der Waals surface area contributed by atoms with E-state index >= 15 is 0 Å². The van der Waals surface area contributed by atoms with Crippen LogP contribution < -0.4 is 15.8 Å². The predicted molar refractivity (Wildman–Crippen MR) is 99.0 cm³/mol. The Morgan fingerprint density at radius 2 is 1.96 bits per heavy atom. The van der Waals surface area contributed by atoms with Gasteiger partial charge in [-0.25, -0.2) is 13.1 Å². The van der Waals surface area contributed by atoms with Crippen molar-refractivity contribution in [3.8, 4) is 0 Å². The highest BCUT2D eigenvalue weighted by Crippen LogP contribution is 2.12. The predicted octanol–water partition coefficient (Wildman–Crippen LogP) is 2.04. The van der Waals surface area contributed by atoms with Crippen molar-refractivity contribution < 1.29 is 13.2 Å². The van der Waals surface area contributed by atoms with Crippen LogP contribution >= 0.6 is 12.4 Å². The van der Waals surface area contributed by atoms with Gasteiger partial charge in [-0.2, -0.15) is 0 Å². The molecule has 8 heteroatoms. The number of amides is 1. The Morgan fingerprint density at radius 1 is 1.29 bits per heavy atom. The third-order valence-corrected chi connectivity index (χ3v) is 4.98. The number of hydrogen-bond donors (Lipinski definition) is 3. The fourth-order valence-electron chi connectivity index (χ4n) is 2.15. The van der Waals surface area contributed by atoms with E-state index in [0.717, 1.165) is 19.3 Å². The van der Waals surface area contributed by atoms with Crippen LogP contribution in [0, 0.1) is 0 Å². The number of nitrogens with two attached hydrogens (primary N) is 1. The SMILES string of the molecule is CCCCC(CN)NC(=O)c1cccc(S(=O)(=O)NC(C)C)c1.Cl. The van der Waals surface area contributed by atoms with E-state index in [1.165, 1.54) is 12.1 Å². The van der Waals surface area contributed by atoms with Crippen LogP contribution in [-0.4, -0.2) is 33.0 Å². The van der Waals surface area contributed by atoms with Crippen LogP contribution in [0.5, 0.6) is 0 Å². The van der Waals surface area contributed by atoms with Crippen molar-refractivity contribution in [3.63, 3.8) is 0 Å². The van der Waals surface area contributed by atoms with Crippen LogP contribution in [0.2, 0.25) is 0 Å². The van der Waals surface area contributed by atoms with Crippen LogP contribution in [0.15, 0.2) is 29.2 Å². The molecule has 0 saturated carbocycles. The first-order valence-electron chi connectivity index (χ1n) is 7.93. The third-order valence-electron chi connectivity index (χ3n) is 3.32. The first-order valence-corrected chi connectivity index (χ1v) is 9.41. The number of hydrogen-bond acceptors (Lipinski definition) is 4. The van der Waals surface area contributed by atoms with E-state index in [9.17, 15) is 13.2 Å². The Hall–Kier alpha value is -1.15. The quantitative estimate of drug-likeness (QED) is 0.612. The molecule has 24 heavy (non-hydrogen) atoms. The van der Waals surface area contributed by atoms with Crippen LogP contribution in [-0.2, 0) is 10.0 Å². The maximum Gasteiger partial charge on any atom is 0.251 e. The second kappa shape index (κ2) is 10.7. The molecular weight excluding hydrogens is 350 g/mol. The lowest BCUT2D eigenvalue weighted by atomic mass is 10.1. The summed E-state index contributed by atoms with van der Waals surface area (Å²) < 4.78 is 26.9. The van der Waals surface area contributed by atoms with Gasteiger partial charge in [0.2, 0.25) is 10.0 Å². The summed E-state index contributed by atoms with van der Waals surface area (Å²) in [5.74, 6) is -0.307. The van der Waals surface area contributed by atoms with Crippen LogP contribution in [0.25, 0.3) is 0 Å². The molecule has 0 aliphatic heterocycles. The summed E-state index contributed by atoms with van der Waals surface area (Å²) >= 11 is 0. The van der Waals surface area contributed by atoms with E-state index in [2.05, 4.69) is 17.0 Å². The number of rotatable bonds is 9. The summed E-state index contributed by atoms with van der Waals surface area (Å²) in [5.41, 5.74) is 5.98. The molecule has 0 aliphatic rings. The zero-order chi connectivity index (χ0) is 17.5. The summed E-state index contributed by atoms with van der Waals surface area (Å²) in [6.45, 7) is 5.92. The molecule has 1 atom stereocenters. The fourth-order valence-corrected chi connectivity index (χ4v) is 3.45. The summed E-state index contributed by atoms with van der Waals surface area (Å²) in [6, 6.07) is 5.70. The molecule has 1 amide bonds. The Morgan fingerprint density at radius 3 is 2.50 bits per heavy atom. The van der Waals surface area contributed by atoms with Gasteiger partial charge in [-0.1, -0.05) is 25.8 Å². The van der Waals surface area contributed by atoms with Gasteiger partial charge in [0.25, 0.3) is 5.91 Å². The van der Waals surface area contributed by atoms with Crippen molar-refractivity contribution in [2.75, 3.05) is 6.54 Å². The van der Waals surface area contributed by atoms with Crippen molar-refractivity contribution in [3.05, 3.63) is 29.8 Å². The standard InChI is InChI=1S/C16H27N3O3S.ClH/c1-4-5-8-14(11-17)18-16(20)13-7-6-9-15(10-13)23(21,22)19-12(2)3;/h6-7,9-10,12,14,19H,4-5,8,11,17H2,1-3H3,(H,18,20);1H.